The number of phenols is 1. The Kier molecular flexibility index (Phi) is 7.13. The van der Waals surface area contributed by atoms with Crippen LogP contribution in [0.3, 0.4) is 0 Å². The number of aromatic hydroxyl groups is 1. The van der Waals surface area contributed by atoms with Crippen LogP contribution in [-0.4, -0.2) is 107 Å². The number of halogens is 1. The van der Waals surface area contributed by atoms with Gasteiger partial charge in [0.2, 0.25) is 5.79 Å². The second-order valence-electron chi connectivity index (χ2n) is 10.0. The van der Waals surface area contributed by atoms with E-state index in [1.54, 1.807) is 17.4 Å². The van der Waals surface area contributed by atoms with Crippen molar-refractivity contribution in [3.63, 3.8) is 0 Å². The Morgan fingerprint density at radius 1 is 1.15 bits per heavy atom. The topological polar surface area (TPSA) is 172 Å². The van der Waals surface area contributed by atoms with Crippen LogP contribution in [0.2, 0.25) is 0 Å². The molecular weight excluding hydrogens is 525 g/mol. The molecule has 0 aromatic heterocycles. The summed E-state index contributed by atoms with van der Waals surface area (Å²) in [5, 5.41) is 46.5. The van der Waals surface area contributed by atoms with Gasteiger partial charge in [0.15, 0.2) is 11.5 Å². The third kappa shape index (κ3) is 4.63. The Bertz CT molecular complexity index is 1400. The van der Waals surface area contributed by atoms with Crippen LogP contribution in [0.15, 0.2) is 24.3 Å². The average Bonchev–Trinajstić information content (AvgIpc) is 3.20. The third-order valence-corrected chi connectivity index (χ3v) is 7.42. The van der Waals surface area contributed by atoms with Gasteiger partial charge >= 0.3 is 0 Å². The molecule has 0 bridgehead atoms. The van der Waals surface area contributed by atoms with Crippen molar-refractivity contribution in [2.24, 2.45) is 0 Å². The second kappa shape index (κ2) is 10.2. The number of carbonyl (C=O) groups excluding carboxylic acids is 3. The third-order valence-electron chi connectivity index (χ3n) is 7.42. The first-order valence-electron chi connectivity index (χ1n) is 12.4. The highest BCUT2D eigenvalue weighted by molar-refractivity contribution is 6.36. The summed E-state index contributed by atoms with van der Waals surface area (Å²) in [6.45, 7) is 2.70. The van der Waals surface area contributed by atoms with Crippen molar-refractivity contribution in [3.05, 3.63) is 52.3 Å². The van der Waals surface area contributed by atoms with E-state index in [9.17, 15) is 39.2 Å². The number of imide groups is 1. The van der Waals surface area contributed by atoms with Crippen molar-refractivity contribution in [1.82, 2.24) is 15.1 Å². The number of fused-ring (bicyclic) bond motifs is 1. The number of anilines is 1. The highest BCUT2D eigenvalue weighted by atomic mass is 19.1. The maximum Gasteiger partial charge on any atom is 0.255 e. The molecule has 3 aliphatic heterocycles. The van der Waals surface area contributed by atoms with E-state index >= 15 is 0 Å². The largest absolute Gasteiger partial charge is 0.506 e. The van der Waals surface area contributed by atoms with Gasteiger partial charge in [-0.2, -0.15) is 0 Å². The molecule has 5 rings (SSSR count). The summed E-state index contributed by atoms with van der Waals surface area (Å²) in [5.74, 6) is -8.27. The number of ether oxygens (including phenoxy) is 1. The summed E-state index contributed by atoms with van der Waals surface area (Å²) in [7, 11) is 11.3. The zero-order chi connectivity index (χ0) is 29.0. The molecule has 2 aromatic rings. The van der Waals surface area contributed by atoms with Gasteiger partial charge in [0.25, 0.3) is 17.7 Å². The molecule has 3 heterocycles. The lowest BCUT2D eigenvalue weighted by atomic mass is 9.68. The number of hydrogen-bond donors (Lipinski definition) is 6. The van der Waals surface area contributed by atoms with Crippen LogP contribution in [0.5, 0.6) is 5.75 Å². The fraction of sp³-hybridized carbons (Fsp3) is 0.400. The minimum absolute atomic E-state index is 0.0422. The molecule has 3 aliphatic rings. The zero-order valence-corrected chi connectivity index (χ0v) is 21.2. The maximum absolute atomic E-state index is 15.0. The summed E-state index contributed by atoms with van der Waals surface area (Å²) in [5.41, 5.74) is -2.53. The predicted octanol–water partition coefficient (Wildman–Crippen LogP) is -2.71. The van der Waals surface area contributed by atoms with Crippen LogP contribution in [0.4, 0.5) is 10.1 Å². The number of nitrogens with one attached hydrogen (secondary N) is 2. The average molecular weight is 550 g/mol. The maximum atomic E-state index is 15.0. The van der Waals surface area contributed by atoms with Crippen LogP contribution in [0, 0.1) is 5.82 Å². The second-order valence-corrected chi connectivity index (χ2v) is 10.0. The van der Waals surface area contributed by atoms with Crippen molar-refractivity contribution < 1.29 is 43.9 Å². The number of carbonyl (C=O) groups is 3. The van der Waals surface area contributed by atoms with Gasteiger partial charge in [0.05, 0.1) is 25.4 Å². The predicted molar refractivity (Wildman–Crippen MR) is 138 cm³/mol. The number of amides is 3. The minimum atomic E-state index is -3.56. The van der Waals surface area contributed by atoms with Crippen molar-refractivity contribution >= 4 is 44.6 Å². The van der Waals surface area contributed by atoms with Crippen LogP contribution >= 0.6 is 0 Å². The molecule has 6 N–H and O–H groups in total. The molecule has 0 aliphatic carbocycles. The van der Waals surface area contributed by atoms with Crippen molar-refractivity contribution in [3.8, 4) is 5.75 Å². The molecule has 40 heavy (non-hydrogen) atoms. The van der Waals surface area contributed by atoms with Crippen LogP contribution in [0.25, 0.3) is 0 Å². The molecule has 12 nitrogen and oxygen atoms in total. The molecule has 2 unspecified atom stereocenters. The molecule has 206 valence electrons. The quantitative estimate of drug-likeness (QED) is 0.0962. The Morgan fingerprint density at radius 3 is 2.52 bits per heavy atom. The van der Waals surface area contributed by atoms with Gasteiger partial charge in [0, 0.05) is 42.9 Å². The fourth-order valence-electron chi connectivity index (χ4n) is 5.11. The van der Waals surface area contributed by atoms with E-state index in [0.717, 1.165) is 24.7 Å². The van der Waals surface area contributed by atoms with Gasteiger partial charge in [-0.05, 0) is 11.6 Å². The Hall–Kier alpha value is -3.49. The Labute approximate surface area is 230 Å². The summed E-state index contributed by atoms with van der Waals surface area (Å²) in [6.07, 6.45) is 0. The van der Waals surface area contributed by atoms with E-state index in [0.29, 0.717) is 24.7 Å². The standard InChI is InChI=1S/C25H25B2FN4O8/c26-16-8-14-15(11-32(22(14)35)20-21(34)30-23(36)24(27,37)25(20,38)39)18(19(16)33)29-9-13-2-1-12(7-17(13)28)10-31-3-5-40-6-4-31/h1-2,7-8,20,29,33,37-39H,3-6,9-11H2,(H,30,34,36). The van der Waals surface area contributed by atoms with Crippen molar-refractivity contribution in [2.45, 2.75) is 37.0 Å². The van der Waals surface area contributed by atoms with E-state index in [-0.39, 0.29) is 34.4 Å². The number of rotatable bonds is 6. The number of phenolic OH excluding ortho intramolecular Hbond substituents is 1. The van der Waals surface area contributed by atoms with Gasteiger partial charge in [0.1, 0.15) is 27.3 Å². The van der Waals surface area contributed by atoms with E-state index in [1.807, 2.05) is 0 Å². The first-order chi connectivity index (χ1) is 18.8. The highest BCUT2D eigenvalue weighted by Crippen LogP contribution is 2.39. The monoisotopic (exact) mass is 550 g/mol. The summed E-state index contributed by atoms with van der Waals surface area (Å²) in [4.78, 5) is 40.5. The van der Waals surface area contributed by atoms with Crippen molar-refractivity contribution in [1.29, 1.82) is 0 Å². The van der Waals surface area contributed by atoms with Crippen LogP contribution in [-0.2, 0) is 34.0 Å². The molecule has 3 amide bonds. The number of morpholine rings is 1. The van der Waals surface area contributed by atoms with Crippen LogP contribution in [0.1, 0.15) is 27.0 Å². The number of benzene rings is 2. The number of hydrogen-bond acceptors (Lipinski definition) is 10. The number of piperidine rings is 1. The normalized spacial score (nSPS) is 24.6. The van der Waals surface area contributed by atoms with Gasteiger partial charge in [-0.25, -0.2) is 4.39 Å². The van der Waals surface area contributed by atoms with E-state index in [4.69, 9.17) is 20.4 Å². The summed E-state index contributed by atoms with van der Waals surface area (Å²) >= 11 is 0. The first-order valence-corrected chi connectivity index (χ1v) is 12.4. The van der Waals surface area contributed by atoms with E-state index in [2.05, 4.69) is 10.2 Å². The Balaban J connectivity index is 1.39. The molecule has 2 aromatic carbocycles. The van der Waals surface area contributed by atoms with Crippen molar-refractivity contribution in [2.75, 3.05) is 31.6 Å². The van der Waals surface area contributed by atoms with Gasteiger partial charge in [-0.1, -0.05) is 23.7 Å². The molecule has 0 spiro atoms. The lowest BCUT2D eigenvalue weighted by Gasteiger charge is -2.46. The van der Waals surface area contributed by atoms with E-state index in [1.165, 1.54) is 6.07 Å². The molecule has 0 saturated carbocycles. The SMILES string of the molecule is [B]c1cc2c(c(NCc3ccc(CN4CCOCC4)cc3F)c1O)CN(C1C(=O)NC(=O)C([B])(O)C1(O)O)C2=O. The van der Waals surface area contributed by atoms with E-state index < -0.39 is 53.2 Å². The highest BCUT2D eigenvalue weighted by Gasteiger charge is 2.64. The first kappa shape index (κ1) is 28.1. The summed E-state index contributed by atoms with van der Waals surface area (Å²) in [6, 6.07) is 3.73. The number of nitrogens with zero attached hydrogens (tertiary/aromatic N) is 2. The van der Waals surface area contributed by atoms with Crippen LogP contribution < -0.4 is 16.1 Å². The molecular formula is C25H25B2FN4O8. The van der Waals surface area contributed by atoms with Gasteiger partial charge < -0.3 is 35.4 Å². The lowest BCUT2D eigenvalue weighted by Crippen LogP contribution is -2.79. The van der Waals surface area contributed by atoms with Gasteiger partial charge in [-0.15, -0.1) is 0 Å². The lowest BCUT2D eigenvalue weighted by molar-refractivity contribution is -0.267. The smallest absolute Gasteiger partial charge is 0.255 e. The Morgan fingerprint density at radius 2 is 1.85 bits per heavy atom. The summed E-state index contributed by atoms with van der Waals surface area (Å²) < 4.78 is 20.3. The zero-order valence-electron chi connectivity index (χ0n) is 21.2. The minimum Gasteiger partial charge on any atom is -0.506 e. The molecule has 15 heteroatoms. The number of aliphatic hydroxyl groups is 3. The molecule has 2 saturated heterocycles. The molecule has 2 fully saturated rings. The molecule has 2 atom stereocenters. The fourth-order valence-corrected chi connectivity index (χ4v) is 5.11. The van der Waals surface area contributed by atoms with Gasteiger partial charge in [-0.3, -0.25) is 24.6 Å². The molecule has 4 radical (unpaired) electrons.